The second-order valence-electron chi connectivity index (χ2n) is 6.43. The van der Waals surface area contributed by atoms with Gasteiger partial charge in [-0.25, -0.2) is 4.79 Å². The molecule has 0 radical (unpaired) electrons. The Labute approximate surface area is 172 Å². The van der Waals surface area contributed by atoms with Gasteiger partial charge in [-0.05, 0) is 31.9 Å². The molecule has 1 amide bonds. The minimum Gasteiger partial charge on any atom is -0.497 e. The zero-order valence-electron chi connectivity index (χ0n) is 16.6. The predicted molar refractivity (Wildman–Crippen MR) is 109 cm³/mol. The topological polar surface area (TPSA) is 91.1 Å². The van der Waals surface area contributed by atoms with Crippen molar-refractivity contribution < 1.29 is 23.8 Å². The van der Waals surface area contributed by atoms with Gasteiger partial charge in [-0.15, -0.1) is 12.4 Å². The Kier molecular flexibility index (Phi) is 9.82. The zero-order valence-corrected chi connectivity index (χ0v) is 17.4. The zero-order chi connectivity index (χ0) is 19.8. The van der Waals surface area contributed by atoms with Crippen LogP contribution in [-0.2, 0) is 20.9 Å². The number of ether oxygens (including phenoxy) is 3. The number of nitrogens with zero attached hydrogens (tertiary/aromatic N) is 1. The smallest absolute Gasteiger partial charge is 0.330 e. The van der Waals surface area contributed by atoms with E-state index in [0.29, 0.717) is 37.6 Å². The van der Waals surface area contributed by atoms with E-state index in [2.05, 4.69) is 0 Å². The number of rotatable bonds is 9. The molecule has 8 heteroatoms. The van der Waals surface area contributed by atoms with Crippen LogP contribution >= 0.6 is 12.4 Å². The molecule has 0 aliphatic carbocycles. The number of likely N-dealkylation sites (tertiary alicyclic amines) is 1. The first-order valence-electron chi connectivity index (χ1n) is 9.08. The standard InChI is InChI=1S/C20H28N2O5.ClH/c1-4-27-19(23)8-6-16(21)11-14-9-10-22(20(14)24)13-15-5-7-17(25-2)12-18(15)26-3;/h5-8,12,14,16H,4,9-11,13,21H2,1-3H3;1H/b8-6+;. The van der Waals surface area contributed by atoms with Gasteiger partial charge in [0.1, 0.15) is 11.5 Å². The fraction of sp³-hybridized carbons (Fsp3) is 0.500. The Bertz CT molecular complexity index is 695. The van der Waals surface area contributed by atoms with Gasteiger partial charge in [0.25, 0.3) is 0 Å². The Balaban J connectivity index is 0.00000392. The number of carbonyl (C=O) groups is 2. The van der Waals surface area contributed by atoms with Crippen LogP contribution < -0.4 is 15.2 Å². The highest BCUT2D eigenvalue weighted by atomic mass is 35.5. The lowest BCUT2D eigenvalue weighted by Gasteiger charge is -2.19. The summed E-state index contributed by atoms with van der Waals surface area (Å²) in [5.74, 6) is 0.920. The van der Waals surface area contributed by atoms with Gasteiger partial charge < -0.3 is 24.8 Å². The number of halogens is 1. The van der Waals surface area contributed by atoms with E-state index in [1.54, 1.807) is 27.2 Å². The van der Waals surface area contributed by atoms with Crippen LogP contribution in [0.3, 0.4) is 0 Å². The lowest BCUT2D eigenvalue weighted by Crippen LogP contribution is -2.30. The summed E-state index contributed by atoms with van der Waals surface area (Å²) < 4.78 is 15.4. The maximum absolute atomic E-state index is 12.7. The summed E-state index contributed by atoms with van der Waals surface area (Å²) in [6.07, 6.45) is 4.18. The summed E-state index contributed by atoms with van der Waals surface area (Å²) >= 11 is 0. The average molecular weight is 413 g/mol. The molecular weight excluding hydrogens is 384 g/mol. The summed E-state index contributed by atoms with van der Waals surface area (Å²) in [7, 11) is 3.20. The molecule has 7 nitrogen and oxygen atoms in total. The fourth-order valence-electron chi connectivity index (χ4n) is 3.17. The number of carbonyl (C=O) groups excluding carboxylic acids is 2. The van der Waals surface area contributed by atoms with Crippen LogP contribution in [0.4, 0.5) is 0 Å². The number of methoxy groups -OCH3 is 2. The van der Waals surface area contributed by atoms with Crippen LogP contribution in [0.5, 0.6) is 11.5 Å². The second kappa shape index (κ2) is 11.6. The molecule has 0 aromatic heterocycles. The molecule has 1 aliphatic rings. The van der Waals surface area contributed by atoms with Crippen LogP contribution in [0, 0.1) is 5.92 Å². The molecule has 2 unspecified atom stereocenters. The Hall–Kier alpha value is -2.25. The van der Waals surface area contributed by atoms with Crippen molar-refractivity contribution in [3.63, 3.8) is 0 Å². The van der Waals surface area contributed by atoms with E-state index in [1.807, 2.05) is 23.1 Å². The Morgan fingerprint density at radius 2 is 2.11 bits per heavy atom. The van der Waals surface area contributed by atoms with Crippen molar-refractivity contribution in [2.45, 2.75) is 32.4 Å². The summed E-state index contributed by atoms with van der Waals surface area (Å²) in [6.45, 7) is 3.22. The van der Waals surface area contributed by atoms with Crippen molar-refractivity contribution in [1.82, 2.24) is 4.90 Å². The van der Waals surface area contributed by atoms with Crippen molar-refractivity contribution in [1.29, 1.82) is 0 Å². The highest BCUT2D eigenvalue weighted by molar-refractivity contribution is 5.85. The van der Waals surface area contributed by atoms with Crippen molar-refractivity contribution in [3.05, 3.63) is 35.9 Å². The van der Waals surface area contributed by atoms with Gasteiger partial charge in [-0.1, -0.05) is 6.08 Å². The van der Waals surface area contributed by atoms with Gasteiger partial charge >= 0.3 is 5.97 Å². The van der Waals surface area contributed by atoms with Gasteiger partial charge in [0.2, 0.25) is 5.91 Å². The van der Waals surface area contributed by atoms with Crippen LogP contribution in [0.15, 0.2) is 30.4 Å². The predicted octanol–water partition coefficient (Wildman–Crippen LogP) is 2.31. The van der Waals surface area contributed by atoms with Crippen molar-refractivity contribution >= 4 is 24.3 Å². The molecule has 2 rings (SSSR count). The minimum atomic E-state index is -0.418. The number of nitrogens with two attached hydrogens (primary N) is 1. The quantitative estimate of drug-likeness (QED) is 0.494. The Morgan fingerprint density at radius 3 is 2.75 bits per heavy atom. The summed E-state index contributed by atoms with van der Waals surface area (Å²) in [5.41, 5.74) is 6.97. The van der Waals surface area contributed by atoms with E-state index in [-0.39, 0.29) is 30.3 Å². The van der Waals surface area contributed by atoms with E-state index < -0.39 is 5.97 Å². The first kappa shape index (κ1) is 23.8. The molecule has 1 saturated heterocycles. The molecule has 156 valence electrons. The lowest BCUT2D eigenvalue weighted by molar-refractivity contribution is -0.137. The monoisotopic (exact) mass is 412 g/mol. The van der Waals surface area contributed by atoms with E-state index in [9.17, 15) is 9.59 Å². The fourth-order valence-corrected chi connectivity index (χ4v) is 3.17. The normalized spacial score (nSPS) is 17.4. The maximum atomic E-state index is 12.7. The molecule has 1 aromatic carbocycles. The SMILES string of the molecule is CCOC(=O)/C=C/C(N)CC1CCN(Cc2ccc(OC)cc2OC)C1=O.Cl. The largest absolute Gasteiger partial charge is 0.497 e. The maximum Gasteiger partial charge on any atom is 0.330 e. The average Bonchev–Trinajstić information content (AvgIpc) is 3.00. The summed E-state index contributed by atoms with van der Waals surface area (Å²) in [4.78, 5) is 25.9. The molecule has 1 aromatic rings. The molecule has 28 heavy (non-hydrogen) atoms. The van der Waals surface area contributed by atoms with Gasteiger partial charge in [0.15, 0.2) is 0 Å². The van der Waals surface area contributed by atoms with E-state index in [4.69, 9.17) is 19.9 Å². The van der Waals surface area contributed by atoms with Crippen LogP contribution in [0.1, 0.15) is 25.3 Å². The number of amides is 1. The minimum absolute atomic E-state index is 0. The molecule has 2 atom stereocenters. The van der Waals surface area contributed by atoms with Gasteiger partial charge in [-0.2, -0.15) is 0 Å². The molecular formula is C20H29ClN2O5. The number of hydrogen-bond donors (Lipinski definition) is 1. The third-order valence-electron chi connectivity index (χ3n) is 4.59. The van der Waals surface area contributed by atoms with Crippen LogP contribution in [0.25, 0.3) is 0 Å². The number of hydrogen-bond acceptors (Lipinski definition) is 6. The third kappa shape index (κ3) is 6.42. The van der Waals surface area contributed by atoms with Crippen LogP contribution in [0.2, 0.25) is 0 Å². The number of esters is 1. The van der Waals surface area contributed by atoms with Gasteiger partial charge in [-0.3, -0.25) is 4.79 Å². The van der Waals surface area contributed by atoms with E-state index in [1.165, 1.54) is 6.08 Å². The van der Waals surface area contributed by atoms with Crippen LogP contribution in [-0.4, -0.2) is 50.2 Å². The first-order valence-corrected chi connectivity index (χ1v) is 9.08. The molecule has 2 N–H and O–H groups in total. The molecule has 0 spiro atoms. The first-order chi connectivity index (χ1) is 13.0. The highest BCUT2D eigenvalue weighted by Gasteiger charge is 2.32. The van der Waals surface area contributed by atoms with Crippen molar-refractivity contribution in [2.75, 3.05) is 27.4 Å². The third-order valence-corrected chi connectivity index (χ3v) is 4.59. The molecule has 0 bridgehead atoms. The molecule has 1 heterocycles. The molecule has 0 saturated carbocycles. The highest BCUT2D eigenvalue weighted by Crippen LogP contribution is 2.29. The number of benzene rings is 1. The van der Waals surface area contributed by atoms with Gasteiger partial charge in [0, 0.05) is 42.8 Å². The van der Waals surface area contributed by atoms with E-state index >= 15 is 0 Å². The van der Waals surface area contributed by atoms with Gasteiger partial charge in [0.05, 0.1) is 20.8 Å². The van der Waals surface area contributed by atoms with Crippen molar-refractivity contribution in [3.8, 4) is 11.5 Å². The summed E-state index contributed by atoms with van der Waals surface area (Å²) in [5, 5.41) is 0. The summed E-state index contributed by atoms with van der Waals surface area (Å²) in [6, 6.07) is 5.21. The molecule has 1 aliphatic heterocycles. The molecule has 1 fully saturated rings. The second-order valence-corrected chi connectivity index (χ2v) is 6.43. The Morgan fingerprint density at radius 1 is 1.36 bits per heavy atom. The van der Waals surface area contributed by atoms with E-state index in [0.717, 1.165) is 12.0 Å². The lowest BCUT2D eigenvalue weighted by atomic mass is 9.98. The van der Waals surface area contributed by atoms with Crippen molar-refractivity contribution in [2.24, 2.45) is 11.7 Å².